The van der Waals surface area contributed by atoms with Crippen molar-refractivity contribution in [2.45, 2.75) is 5.03 Å². The molecule has 2 aromatic carbocycles. The van der Waals surface area contributed by atoms with Crippen LogP contribution in [0.4, 0.5) is 5.69 Å². The Morgan fingerprint density at radius 2 is 1.96 bits per heavy atom. The number of rotatable bonds is 6. The molecule has 0 bridgehead atoms. The van der Waals surface area contributed by atoms with Gasteiger partial charge < -0.3 is 10.1 Å². The number of carbonyl (C=O) groups excluding carboxylic acids is 1. The van der Waals surface area contributed by atoms with Crippen molar-refractivity contribution < 1.29 is 9.53 Å². The smallest absolute Gasteiger partial charge is 0.271 e. The third-order valence-electron chi connectivity index (χ3n) is 3.55. The second-order valence-electron chi connectivity index (χ2n) is 5.47. The van der Waals surface area contributed by atoms with Gasteiger partial charge in [-0.15, -0.1) is 0 Å². The largest absolute Gasteiger partial charge is 0.497 e. The summed E-state index contributed by atoms with van der Waals surface area (Å²) in [6.45, 7) is 0. The van der Waals surface area contributed by atoms with Crippen LogP contribution < -0.4 is 15.6 Å². The standard InChI is InChI=1S/C19H16ClN3O3S/c1-26-16-7-5-15(6-8-16)23-19(25)10-9-18(22-23)27-12-17(24)21-14-4-2-3-13(20)11-14/h2-11H,12H2,1H3,(H,21,24). The Balaban J connectivity index is 1.68. The summed E-state index contributed by atoms with van der Waals surface area (Å²) in [7, 11) is 1.57. The Morgan fingerprint density at radius 1 is 1.19 bits per heavy atom. The first-order valence-electron chi connectivity index (χ1n) is 7.98. The van der Waals surface area contributed by atoms with E-state index >= 15 is 0 Å². The molecule has 1 aromatic heterocycles. The molecule has 8 heteroatoms. The topological polar surface area (TPSA) is 73.2 Å². The van der Waals surface area contributed by atoms with Crippen LogP contribution in [0.25, 0.3) is 5.69 Å². The van der Waals surface area contributed by atoms with E-state index in [1.165, 1.54) is 22.5 Å². The van der Waals surface area contributed by atoms with Crippen molar-refractivity contribution in [3.8, 4) is 11.4 Å². The molecule has 0 aliphatic carbocycles. The van der Waals surface area contributed by atoms with E-state index in [0.29, 0.717) is 27.2 Å². The van der Waals surface area contributed by atoms with Gasteiger partial charge in [-0.25, -0.2) is 0 Å². The van der Waals surface area contributed by atoms with Crippen LogP contribution in [0.15, 0.2) is 70.5 Å². The van der Waals surface area contributed by atoms with E-state index in [0.717, 1.165) is 0 Å². The molecule has 1 N–H and O–H groups in total. The highest BCUT2D eigenvalue weighted by Crippen LogP contribution is 2.18. The van der Waals surface area contributed by atoms with Crippen LogP contribution >= 0.6 is 23.4 Å². The number of aromatic nitrogens is 2. The molecule has 0 fully saturated rings. The number of benzene rings is 2. The molecule has 0 radical (unpaired) electrons. The van der Waals surface area contributed by atoms with Gasteiger partial charge in [-0.2, -0.15) is 9.78 Å². The maximum absolute atomic E-state index is 12.1. The van der Waals surface area contributed by atoms with E-state index in [1.54, 1.807) is 61.7 Å². The lowest BCUT2D eigenvalue weighted by Gasteiger charge is -2.08. The van der Waals surface area contributed by atoms with Gasteiger partial charge in [0.25, 0.3) is 5.56 Å². The minimum Gasteiger partial charge on any atom is -0.497 e. The molecule has 1 heterocycles. The molecule has 0 spiro atoms. The Kier molecular flexibility index (Phi) is 6.16. The Bertz CT molecular complexity index is 1010. The first-order valence-corrected chi connectivity index (χ1v) is 9.34. The van der Waals surface area contributed by atoms with Crippen LogP contribution in [-0.2, 0) is 4.79 Å². The van der Waals surface area contributed by atoms with E-state index < -0.39 is 0 Å². The summed E-state index contributed by atoms with van der Waals surface area (Å²) in [6, 6.07) is 16.9. The molecular formula is C19H16ClN3O3S. The van der Waals surface area contributed by atoms with E-state index in [1.807, 2.05) is 0 Å². The fourth-order valence-electron chi connectivity index (χ4n) is 2.28. The molecule has 6 nitrogen and oxygen atoms in total. The summed E-state index contributed by atoms with van der Waals surface area (Å²) in [5, 5.41) is 8.20. The Hall–Kier alpha value is -2.77. The predicted octanol–water partition coefficient (Wildman–Crippen LogP) is 3.63. The van der Waals surface area contributed by atoms with Gasteiger partial charge in [0.1, 0.15) is 10.8 Å². The van der Waals surface area contributed by atoms with E-state index in [9.17, 15) is 9.59 Å². The Morgan fingerprint density at radius 3 is 2.67 bits per heavy atom. The summed E-state index contributed by atoms with van der Waals surface area (Å²) >= 11 is 7.14. The zero-order chi connectivity index (χ0) is 19.2. The molecule has 3 aromatic rings. The number of ether oxygens (including phenoxy) is 1. The molecule has 0 aliphatic rings. The van der Waals surface area contributed by atoms with Gasteiger partial charge >= 0.3 is 0 Å². The summed E-state index contributed by atoms with van der Waals surface area (Å²) in [5.41, 5.74) is 0.990. The van der Waals surface area contributed by atoms with E-state index in [4.69, 9.17) is 16.3 Å². The average molecular weight is 402 g/mol. The molecule has 27 heavy (non-hydrogen) atoms. The van der Waals surface area contributed by atoms with Crippen LogP contribution in [0.5, 0.6) is 5.75 Å². The van der Waals surface area contributed by atoms with Crippen molar-refractivity contribution in [2.24, 2.45) is 0 Å². The van der Waals surface area contributed by atoms with Gasteiger partial charge in [0, 0.05) is 16.8 Å². The Labute approximate surface area is 165 Å². The third kappa shape index (κ3) is 5.12. The van der Waals surface area contributed by atoms with Crippen molar-refractivity contribution in [3.63, 3.8) is 0 Å². The highest BCUT2D eigenvalue weighted by Gasteiger charge is 2.08. The quantitative estimate of drug-likeness (QED) is 0.638. The maximum atomic E-state index is 12.1. The fourth-order valence-corrected chi connectivity index (χ4v) is 3.13. The second kappa shape index (κ2) is 8.75. The lowest BCUT2D eigenvalue weighted by atomic mass is 10.3. The first-order chi connectivity index (χ1) is 13.0. The molecule has 3 rings (SSSR count). The van der Waals surface area contributed by atoms with E-state index in [2.05, 4.69) is 10.4 Å². The number of hydrogen-bond acceptors (Lipinski definition) is 5. The second-order valence-corrected chi connectivity index (χ2v) is 6.90. The lowest BCUT2D eigenvalue weighted by molar-refractivity contribution is -0.113. The van der Waals surface area contributed by atoms with Crippen LogP contribution in [-0.4, -0.2) is 28.6 Å². The van der Waals surface area contributed by atoms with Gasteiger partial charge in [0.15, 0.2) is 0 Å². The SMILES string of the molecule is COc1ccc(-n2nc(SCC(=O)Nc3cccc(Cl)c3)ccc2=O)cc1. The van der Waals surface area contributed by atoms with Crippen molar-refractivity contribution in [1.29, 1.82) is 0 Å². The van der Waals surface area contributed by atoms with Gasteiger partial charge in [0.05, 0.1) is 18.6 Å². The molecule has 0 unspecified atom stereocenters. The van der Waals surface area contributed by atoms with Gasteiger partial charge in [0.2, 0.25) is 5.91 Å². The van der Waals surface area contributed by atoms with Crippen LogP contribution in [0.2, 0.25) is 5.02 Å². The van der Waals surface area contributed by atoms with Crippen LogP contribution in [0.3, 0.4) is 0 Å². The highest BCUT2D eigenvalue weighted by atomic mass is 35.5. The van der Waals surface area contributed by atoms with Crippen LogP contribution in [0, 0.1) is 0 Å². The van der Waals surface area contributed by atoms with Crippen molar-refractivity contribution >= 4 is 35.0 Å². The van der Waals surface area contributed by atoms with Crippen molar-refractivity contribution in [3.05, 3.63) is 76.0 Å². The van der Waals surface area contributed by atoms with Gasteiger partial charge in [-0.1, -0.05) is 29.4 Å². The first kappa shape index (κ1) is 19.0. The number of halogens is 1. The molecule has 1 amide bonds. The monoisotopic (exact) mass is 401 g/mol. The van der Waals surface area contributed by atoms with Crippen molar-refractivity contribution in [1.82, 2.24) is 9.78 Å². The summed E-state index contributed by atoms with van der Waals surface area (Å²) in [4.78, 5) is 24.2. The minimum atomic E-state index is -0.257. The lowest BCUT2D eigenvalue weighted by Crippen LogP contribution is -2.20. The zero-order valence-electron chi connectivity index (χ0n) is 14.4. The van der Waals surface area contributed by atoms with E-state index in [-0.39, 0.29) is 17.2 Å². The fraction of sp³-hybridized carbons (Fsp3) is 0.105. The third-order valence-corrected chi connectivity index (χ3v) is 4.71. The number of hydrogen-bond donors (Lipinski definition) is 1. The van der Waals surface area contributed by atoms with Crippen LogP contribution in [0.1, 0.15) is 0 Å². The average Bonchev–Trinajstić information content (AvgIpc) is 2.67. The molecule has 0 saturated carbocycles. The zero-order valence-corrected chi connectivity index (χ0v) is 16.0. The molecule has 0 atom stereocenters. The minimum absolute atomic E-state index is 0.153. The summed E-state index contributed by atoms with van der Waals surface area (Å²) in [6.07, 6.45) is 0. The number of amides is 1. The van der Waals surface area contributed by atoms with Gasteiger partial charge in [-0.05, 0) is 48.5 Å². The number of thioether (sulfide) groups is 1. The molecule has 0 saturated heterocycles. The molecular weight excluding hydrogens is 386 g/mol. The highest BCUT2D eigenvalue weighted by molar-refractivity contribution is 7.99. The summed E-state index contributed by atoms with van der Waals surface area (Å²) in [5.74, 6) is 0.654. The number of carbonyl (C=O) groups is 1. The number of methoxy groups -OCH3 is 1. The molecule has 138 valence electrons. The maximum Gasteiger partial charge on any atom is 0.271 e. The molecule has 0 aliphatic heterocycles. The number of nitrogens with zero attached hydrogens (tertiary/aromatic N) is 2. The summed E-state index contributed by atoms with van der Waals surface area (Å²) < 4.78 is 6.40. The number of nitrogens with one attached hydrogen (secondary N) is 1. The normalized spacial score (nSPS) is 10.4. The van der Waals surface area contributed by atoms with Crippen molar-refractivity contribution in [2.75, 3.05) is 18.2 Å². The number of anilines is 1. The predicted molar refractivity (Wildman–Crippen MR) is 107 cm³/mol. The van der Waals surface area contributed by atoms with Gasteiger partial charge in [-0.3, -0.25) is 9.59 Å².